The molecular weight excluding hydrogens is 352 g/mol. The number of rotatable bonds is 4. The lowest BCUT2D eigenvalue weighted by Gasteiger charge is -2.32. The summed E-state index contributed by atoms with van der Waals surface area (Å²) < 4.78 is 11.4. The number of anilines is 1. The maximum Gasteiger partial charge on any atom is 0.265 e. The van der Waals surface area contributed by atoms with Gasteiger partial charge in [-0.2, -0.15) is 0 Å². The monoisotopic (exact) mass is 380 g/mol. The van der Waals surface area contributed by atoms with Crippen LogP contribution in [0, 0.1) is 5.92 Å². The highest BCUT2D eigenvalue weighted by Gasteiger charge is 2.28. The number of nitrogens with one attached hydrogen (secondary N) is 1. The second-order valence-corrected chi connectivity index (χ2v) is 7.86. The molecule has 1 N–H and O–H groups in total. The second kappa shape index (κ2) is 8.13. The number of benzene rings is 2. The first-order chi connectivity index (χ1) is 13.6. The fourth-order valence-electron chi connectivity index (χ4n) is 3.78. The summed E-state index contributed by atoms with van der Waals surface area (Å²) in [4.78, 5) is 15.1. The number of nitrogens with zero attached hydrogens (tertiary/aromatic N) is 1. The molecule has 28 heavy (non-hydrogen) atoms. The maximum absolute atomic E-state index is 12.6. The first-order valence-electron chi connectivity index (χ1n) is 10.1. The topological polar surface area (TPSA) is 50.8 Å². The lowest BCUT2D eigenvalue weighted by Crippen LogP contribution is -2.44. The number of hydrogen-bond acceptors (Lipinski definition) is 4. The van der Waals surface area contributed by atoms with E-state index in [1.54, 1.807) is 0 Å². The van der Waals surface area contributed by atoms with E-state index < -0.39 is 6.10 Å². The fraction of sp³-hybridized carbons (Fsp3) is 0.435. The van der Waals surface area contributed by atoms with E-state index in [0.29, 0.717) is 11.5 Å². The van der Waals surface area contributed by atoms with Crippen molar-refractivity contribution in [3.8, 4) is 11.5 Å². The van der Waals surface area contributed by atoms with Crippen LogP contribution < -0.4 is 19.7 Å². The van der Waals surface area contributed by atoms with Crippen LogP contribution in [0.4, 0.5) is 5.69 Å². The van der Waals surface area contributed by atoms with E-state index in [1.165, 1.54) is 18.5 Å². The first kappa shape index (κ1) is 18.7. The summed E-state index contributed by atoms with van der Waals surface area (Å²) in [5.41, 5.74) is 2.34. The van der Waals surface area contributed by atoms with Crippen molar-refractivity contribution < 1.29 is 14.3 Å². The second-order valence-electron chi connectivity index (χ2n) is 7.86. The van der Waals surface area contributed by atoms with Gasteiger partial charge in [-0.05, 0) is 55.5 Å². The quantitative estimate of drug-likeness (QED) is 0.873. The Hall–Kier alpha value is -2.69. The molecule has 2 aliphatic rings. The van der Waals surface area contributed by atoms with Crippen molar-refractivity contribution in [1.82, 2.24) is 5.32 Å². The minimum absolute atomic E-state index is 0.0938. The lowest BCUT2D eigenvalue weighted by atomic mass is 9.98. The third kappa shape index (κ3) is 4.08. The average molecular weight is 380 g/mol. The molecule has 0 saturated carbocycles. The van der Waals surface area contributed by atoms with Gasteiger partial charge in [0.05, 0.1) is 6.04 Å². The molecule has 0 aliphatic carbocycles. The number of fused-ring (bicyclic) bond motifs is 1. The molecule has 1 fully saturated rings. The van der Waals surface area contributed by atoms with E-state index in [4.69, 9.17) is 9.47 Å². The van der Waals surface area contributed by atoms with Crippen molar-refractivity contribution in [2.45, 2.75) is 38.8 Å². The van der Waals surface area contributed by atoms with Gasteiger partial charge in [-0.1, -0.05) is 31.2 Å². The zero-order valence-corrected chi connectivity index (χ0v) is 16.6. The highest BCUT2D eigenvalue weighted by atomic mass is 16.6. The van der Waals surface area contributed by atoms with Crippen LogP contribution in [0.3, 0.4) is 0 Å². The average Bonchev–Trinajstić information content (AvgIpc) is 2.74. The predicted molar refractivity (Wildman–Crippen MR) is 110 cm³/mol. The standard InChI is InChI=1S/C23H28N2O3/c1-16-11-13-25(14-12-16)19-9-7-18(8-10-19)17(2)24-23(26)22-15-27-20-5-3-4-6-21(20)28-22/h3-10,16-17,22H,11-15H2,1-2H3,(H,24,26)/t17-,22+/m1/s1. The first-order valence-corrected chi connectivity index (χ1v) is 10.1. The molecule has 148 valence electrons. The highest BCUT2D eigenvalue weighted by Crippen LogP contribution is 2.31. The fourth-order valence-corrected chi connectivity index (χ4v) is 3.78. The molecule has 1 saturated heterocycles. The van der Waals surface area contributed by atoms with Gasteiger partial charge in [0.1, 0.15) is 6.61 Å². The van der Waals surface area contributed by atoms with Crippen LogP contribution in [0.5, 0.6) is 11.5 Å². The minimum Gasteiger partial charge on any atom is -0.485 e. The molecule has 1 amide bonds. The highest BCUT2D eigenvalue weighted by molar-refractivity contribution is 5.82. The van der Waals surface area contributed by atoms with Gasteiger partial charge in [0.15, 0.2) is 11.5 Å². The third-order valence-corrected chi connectivity index (χ3v) is 5.70. The molecule has 2 atom stereocenters. The van der Waals surface area contributed by atoms with Gasteiger partial charge in [-0.15, -0.1) is 0 Å². The molecule has 0 spiro atoms. The van der Waals surface area contributed by atoms with Crippen molar-refractivity contribution in [2.75, 3.05) is 24.6 Å². The summed E-state index contributed by atoms with van der Waals surface area (Å²) in [7, 11) is 0. The molecule has 0 aromatic heterocycles. The van der Waals surface area contributed by atoms with Gasteiger partial charge in [0.2, 0.25) is 6.10 Å². The van der Waals surface area contributed by atoms with Gasteiger partial charge in [-0.25, -0.2) is 0 Å². The van der Waals surface area contributed by atoms with Crippen LogP contribution in [0.15, 0.2) is 48.5 Å². The molecule has 2 aromatic rings. The Morgan fingerprint density at radius 2 is 1.75 bits per heavy atom. The van der Waals surface area contributed by atoms with Crippen LogP contribution in [0.1, 0.15) is 38.3 Å². The third-order valence-electron chi connectivity index (χ3n) is 5.70. The zero-order chi connectivity index (χ0) is 19.5. The Kier molecular flexibility index (Phi) is 5.42. The molecule has 0 bridgehead atoms. The molecule has 5 heteroatoms. The van der Waals surface area contributed by atoms with Crippen molar-refractivity contribution >= 4 is 11.6 Å². The maximum atomic E-state index is 12.6. The van der Waals surface area contributed by atoms with E-state index in [-0.39, 0.29) is 18.6 Å². The van der Waals surface area contributed by atoms with Crippen LogP contribution in [-0.2, 0) is 4.79 Å². The Morgan fingerprint density at radius 1 is 1.07 bits per heavy atom. The van der Waals surface area contributed by atoms with Gasteiger partial charge in [0.25, 0.3) is 5.91 Å². The Balaban J connectivity index is 1.34. The number of amides is 1. The lowest BCUT2D eigenvalue weighted by molar-refractivity contribution is -0.131. The van der Waals surface area contributed by atoms with Crippen molar-refractivity contribution in [3.05, 3.63) is 54.1 Å². The number of ether oxygens (including phenoxy) is 2. The van der Waals surface area contributed by atoms with Crippen LogP contribution in [0.2, 0.25) is 0 Å². The number of carbonyl (C=O) groups is 1. The molecule has 0 unspecified atom stereocenters. The minimum atomic E-state index is -0.632. The molecule has 2 aromatic carbocycles. The van der Waals surface area contributed by atoms with Gasteiger partial charge in [-0.3, -0.25) is 4.79 Å². The summed E-state index contributed by atoms with van der Waals surface area (Å²) in [5, 5.41) is 3.04. The summed E-state index contributed by atoms with van der Waals surface area (Å²) >= 11 is 0. The van der Waals surface area contributed by atoms with Crippen molar-refractivity contribution in [1.29, 1.82) is 0 Å². The van der Waals surface area contributed by atoms with E-state index in [0.717, 1.165) is 24.6 Å². The van der Waals surface area contributed by atoms with Crippen LogP contribution >= 0.6 is 0 Å². The smallest absolute Gasteiger partial charge is 0.265 e. The number of piperidine rings is 1. The molecule has 5 nitrogen and oxygen atoms in total. The van der Waals surface area contributed by atoms with Gasteiger partial charge in [0, 0.05) is 18.8 Å². The van der Waals surface area contributed by atoms with Crippen molar-refractivity contribution in [3.63, 3.8) is 0 Å². The molecular formula is C23H28N2O3. The van der Waals surface area contributed by atoms with Gasteiger partial charge >= 0.3 is 0 Å². The summed E-state index contributed by atoms with van der Waals surface area (Å²) in [6.07, 6.45) is 1.87. The van der Waals surface area contributed by atoms with E-state index in [2.05, 4.69) is 41.4 Å². The Labute approximate surface area is 166 Å². The van der Waals surface area contributed by atoms with Gasteiger partial charge < -0.3 is 19.7 Å². The van der Waals surface area contributed by atoms with E-state index in [1.807, 2.05) is 31.2 Å². The largest absolute Gasteiger partial charge is 0.485 e. The zero-order valence-electron chi connectivity index (χ0n) is 16.6. The SMILES string of the molecule is CC1CCN(c2ccc([C@@H](C)NC(=O)[C@@H]3COc4ccccc4O3)cc2)CC1. The summed E-state index contributed by atoms with van der Waals surface area (Å²) in [6.45, 7) is 6.78. The summed E-state index contributed by atoms with van der Waals surface area (Å²) in [5.74, 6) is 1.96. The number of carbonyl (C=O) groups excluding carboxylic acids is 1. The molecule has 2 aliphatic heterocycles. The molecule has 0 radical (unpaired) electrons. The normalized spacial score (nSPS) is 20.5. The van der Waals surface area contributed by atoms with E-state index in [9.17, 15) is 4.79 Å². The van der Waals surface area contributed by atoms with E-state index >= 15 is 0 Å². The Bertz CT molecular complexity index is 813. The van der Waals surface area contributed by atoms with Crippen LogP contribution in [0.25, 0.3) is 0 Å². The molecule has 2 heterocycles. The van der Waals surface area contributed by atoms with Crippen LogP contribution in [-0.4, -0.2) is 31.7 Å². The number of hydrogen-bond donors (Lipinski definition) is 1. The molecule has 4 rings (SSSR count). The summed E-state index contributed by atoms with van der Waals surface area (Å²) in [6, 6.07) is 15.8. The Morgan fingerprint density at radius 3 is 2.46 bits per heavy atom. The number of para-hydroxylation sites is 2. The predicted octanol–water partition coefficient (Wildman–Crippen LogP) is 3.94. The van der Waals surface area contributed by atoms with Crippen molar-refractivity contribution in [2.24, 2.45) is 5.92 Å².